The molecule has 0 bridgehead atoms. The third kappa shape index (κ3) is 4.78. The molecule has 0 heterocycles. The zero-order valence-electron chi connectivity index (χ0n) is 16.1. The van der Waals surface area contributed by atoms with Gasteiger partial charge in [0.15, 0.2) is 11.5 Å². The molecule has 3 aromatic carbocycles. The first-order valence-corrected chi connectivity index (χ1v) is 9.55. The highest BCUT2D eigenvalue weighted by Gasteiger charge is 2.13. The fraction of sp³-hybridized carbons (Fsp3) is 0.182. The summed E-state index contributed by atoms with van der Waals surface area (Å²) in [5.41, 5.74) is 3.10. The summed E-state index contributed by atoms with van der Waals surface area (Å²) in [5.74, 6) is 0.436. The highest BCUT2D eigenvalue weighted by molar-refractivity contribution is 6.33. The normalized spacial score (nSPS) is 11.0. The number of carbonyl (C=O) groups excluding carboxylic acids is 1. The third-order valence-electron chi connectivity index (χ3n) is 4.14. The molecule has 0 aliphatic heterocycles. The van der Waals surface area contributed by atoms with E-state index < -0.39 is 5.91 Å². The van der Waals surface area contributed by atoms with Gasteiger partial charge in [-0.1, -0.05) is 35.9 Å². The second-order valence-corrected chi connectivity index (χ2v) is 6.51. The zero-order valence-corrected chi connectivity index (χ0v) is 16.9. The lowest BCUT2D eigenvalue weighted by Crippen LogP contribution is -2.17. The maximum absolute atomic E-state index is 12.4. The molecular formula is C22H21ClN2O4. The number of hydrazone groups is 1. The van der Waals surface area contributed by atoms with E-state index in [4.69, 9.17) is 21.1 Å². The SMILES string of the molecule is CCOc1cc(Cl)c(C=NNC(=O)c2cc3ccccc3cc2O)cc1OCC. The highest BCUT2D eigenvalue weighted by Crippen LogP contribution is 2.33. The smallest absolute Gasteiger partial charge is 0.275 e. The van der Waals surface area contributed by atoms with E-state index in [1.54, 1.807) is 24.3 Å². The van der Waals surface area contributed by atoms with Crippen molar-refractivity contribution in [3.63, 3.8) is 0 Å². The number of ether oxygens (including phenoxy) is 2. The van der Waals surface area contributed by atoms with Gasteiger partial charge in [-0.25, -0.2) is 5.43 Å². The number of carbonyl (C=O) groups is 1. The number of hydrogen-bond donors (Lipinski definition) is 2. The van der Waals surface area contributed by atoms with Crippen LogP contribution in [0, 0.1) is 0 Å². The van der Waals surface area contributed by atoms with Crippen molar-refractivity contribution in [3.8, 4) is 17.2 Å². The molecule has 150 valence electrons. The van der Waals surface area contributed by atoms with Crippen molar-refractivity contribution in [3.05, 3.63) is 64.7 Å². The van der Waals surface area contributed by atoms with Gasteiger partial charge in [-0.15, -0.1) is 0 Å². The molecular weight excluding hydrogens is 392 g/mol. The Morgan fingerprint density at radius 3 is 2.34 bits per heavy atom. The number of phenolic OH excluding ortho intramolecular Hbond substituents is 1. The molecule has 7 heteroatoms. The van der Waals surface area contributed by atoms with E-state index in [9.17, 15) is 9.90 Å². The van der Waals surface area contributed by atoms with Crippen LogP contribution in [-0.2, 0) is 0 Å². The Morgan fingerprint density at radius 1 is 1.07 bits per heavy atom. The fourth-order valence-electron chi connectivity index (χ4n) is 2.82. The number of halogens is 1. The molecule has 0 spiro atoms. The summed E-state index contributed by atoms with van der Waals surface area (Å²) < 4.78 is 11.1. The molecule has 3 rings (SSSR count). The van der Waals surface area contributed by atoms with Crippen LogP contribution in [0.3, 0.4) is 0 Å². The molecule has 1 amide bonds. The summed E-state index contributed by atoms with van der Waals surface area (Å²) >= 11 is 6.28. The van der Waals surface area contributed by atoms with Crippen molar-refractivity contribution >= 4 is 34.5 Å². The summed E-state index contributed by atoms with van der Waals surface area (Å²) in [4.78, 5) is 12.4. The minimum Gasteiger partial charge on any atom is -0.507 e. The number of rotatable bonds is 7. The molecule has 0 aliphatic carbocycles. The molecule has 3 aromatic rings. The van der Waals surface area contributed by atoms with Crippen LogP contribution in [0.5, 0.6) is 17.2 Å². The first kappa shape index (κ1) is 20.5. The zero-order chi connectivity index (χ0) is 20.8. The van der Waals surface area contributed by atoms with Gasteiger partial charge in [0.25, 0.3) is 5.91 Å². The quantitative estimate of drug-likeness (QED) is 0.433. The molecule has 0 aliphatic rings. The second-order valence-electron chi connectivity index (χ2n) is 6.10. The first-order valence-electron chi connectivity index (χ1n) is 9.17. The minimum atomic E-state index is -0.531. The Kier molecular flexibility index (Phi) is 6.57. The van der Waals surface area contributed by atoms with Crippen molar-refractivity contribution in [1.29, 1.82) is 0 Å². The van der Waals surface area contributed by atoms with Gasteiger partial charge >= 0.3 is 0 Å². The molecule has 0 radical (unpaired) electrons. The van der Waals surface area contributed by atoms with Gasteiger partial charge in [0.2, 0.25) is 0 Å². The minimum absolute atomic E-state index is 0.117. The Hall–Kier alpha value is -3.25. The average molecular weight is 413 g/mol. The lowest BCUT2D eigenvalue weighted by atomic mass is 10.1. The predicted molar refractivity (Wildman–Crippen MR) is 114 cm³/mol. The number of nitrogens with one attached hydrogen (secondary N) is 1. The second kappa shape index (κ2) is 9.30. The Balaban J connectivity index is 1.79. The fourth-order valence-corrected chi connectivity index (χ4v) is 3.02. The largest absolute Gasteiger partial charge is 0.507 e. The van der Waals surface area contributed by atoms with Gasteiger partial charge in [0.1, 0.15) is 5.75 Å². The lowest BCUT2D eigenvalue weighted by molar-refractivity contribution is 0.0952. The van der Waals surface area contributed by atoms with Crippen molar-refractivity contribution in [1.82, 2.24) is 5.43 Å². The molecule has 2 N–H and O–H groups in total. The molecule has 0 aromatic heterocycles. The van der Waals surface area contributed by atoms with Crippen LogP contribution in [0.25, 0.3) is 10.8 Å². The van der Waals surface area contributed by atoms with E-state index in [2.05, 4.69) is 10.5 Å². The van der Waals surface area contributed by atoms with E-state index in [0.717, 1.165) is 10.8 Å². The summed E-state index contributed by atoms with van der Waals surface area (Å²) in [6.45, 7) is 4.69. The summed E-state index contributed by atoms with van der Waals surface area (Å²) in [6.07, 6.45) is 1.41. The molecule has 0 atom stereocenters. The monoisotopic (exact) mass is 412 g/mol. The maximum Gasteiger partial charge on any atom is 0.275 e. The number of benzene rings is 3. The molecule has 0 fully saturated rings. The van der Waals surface area contributed by atoms with E-state index in [1.807, 2.05) is 38.1 Å². The van der Waals surface area contributed by atoms with Gasteiger partial charge < -0.3 is 14.6 Å². The highest BCUT2D eigenvalue weighted by atomic mass is 35.5. The van der Waals surface area contributed by atoms with Crippen molar-refractivity contribution < 1.29 is 19.4 Å². The summed E-state index contributed by atoms with van der Waals surface area (Å²) in [6, 6.07) is 14.0. The van der Waals surface area contributed by atoms with Crippen LogP contribution >= 0.6 is 11.6 Å². The number of amides is 1. The maximum atomic E-state index is 12.4. The van der Waals surface area contributed by atoms with Crippen LogP contribution in [0.1, 0.15) is 29.8 Å². The van der Waals surface area contributed by atoms with E-state index in [1.165, 1.54) is 6.21 Å². The Bertz CT molecular complexity index is 1070. The van der Waals surface area contributed by atoms with Crippen molar-refractivity contribution in [2.24, 2.45) is 5.10 Å². The molecule has 6 nitrogen and oxygen atoms in total. The van der Waals surface area contributed by atoms with Crippen LogP contribution in [0.2, 0.25) is 5.02 Å². The van der Waals surface area contributed by atoms with Gasteiger partial charge in [-0.05, 0) is 42.8 Å². The summed E-state index contributed by atoms with van der Waals surface area (Å²) in [5, 5.41) is 16.2. The number of nitrogens with zero attached hydrogens (tertiary/aromatic N) is 1. The molecule has 0 saturated heterocycles. The Labute approximate surface area is 173 Å². The lowest BCUT2D eigenvalue weighted by Gasteiger charge is -2.12. The number of phenols is 1. The van der Waals surface area contributed by atoms with Crippen molar-refractivity contribution in [2.45, 2.75) is 13.8 Å². The van der Waals surface area contributed by atoms with E-state index in [-0.39, 0.29) is 11.3 Å². The van der Waals surface area contributed by atoms with E-state index in [0.29, 0.717) is 35.3 Å². The standard InChI is InChI=1S/C22H21ClN2O4/c1-3-28-20-11-16(18(23)12-21(20)29-4-2)13-24-25-22(27)17-9-14-7-5-6-8-15(14)10-19(17)26/h5-13,26H,3-4H2,1-2H3,(H,25,27). The van der Waals surface area contributed by atoms with Gasteiger partial charge in [0, 0.05) is 11.6 Å². The number of aromatic hydroxyl groups is 1. The molecule has 0 saturated carbocycles. The third-order valence-corrected chi connectivity index (χ3v) is 4.47. The van der Waals surface area contributed by atoms with E-state index >= 15 is 0 Å². The van der Waals surface area contributed by atoms with Gasteiger partial charge in [-0.3, -0.25) is 4.79 Å². The van der Waals surface area contributed by atoms with Gasteiger partial charge in [-0.2, -0.15) is 5.10 Å². The molecule has 29 heavy (non-hydrogen) atoms. The van der Waals surface area contributed by atoms with Crippen LogP contribution in [0.4, 0.5) is 0 Å². The van der Waals surface area contributed by atoms with Crippen LogP contribution < -0.4 is 14.9 Å². The van der Waals surface area contributed by atoms with Gasteiger partial charge in [0.05, 0.1) is 30.0 Å². The topological polar surface area (TPSA) is 80.2 Å². The molecule has 0 unspecified atom stereocenters. The van der Waals surface area contributed by atoms with Crippen LogP contribution in [-0.4, -0.2) is 30.4 Å². The first-order chi connectivity index (χ1) is 14.0. The van der Waals surface area contributed by atoms with Crippen molar-refractivity contribution in [2.75, 3.05) is 13.2 Å². The number of hydrogen-bond acceptors (Lipinski definition) is 5. The summed E-state index contributed by atoms with van der Waals surface area (Å²) in [7, 11) is 0. The Morgan fingerprint density at radius 2 is 1.69 bits per heavy atom. The number of fused-ring (bicyclic) bond motifs is 1. The van der Waals surface area contributed by atoms with Crippen LogP contribution in [0.15, 0.2) is 53.6 Å². The average Bonchev–Trinajstić information content (AvgIpc) is 2.70. The predicted octanol–water partition coefficient (Wildman–Crippen LogP) is 4.76.